The van der Waals surface area contributed by atoms with Crippen molar-refractivity contribution in [2.45, 2.75) is 26.2 Å². The molecule has 0 fully saturated rings. The maximum atomic E-state index is 13.1. The van der Waals surface area contributed by atoms with E-state index >= 15 is 0 Å². The zero-order valence-electron chi connectivity index (χ0n) is 9.74. The van der Waals surface area contributed by atoms with Gasteiger partial charge in [0, 0.05) is 17.3 Å². The topological polar surface area (TPSA) is 17.8 Å². The molecule has 0 aliphatic carbocycles. The van der Waals surface area contributed by atoms with E-state index in [-0.39, 0.29) is 11.2 Å². The number of nitrogens with zero attached hydrogens (tertiary/aromatic N) is 2. The van der Waals surface area contributed by atoms with Crippen LogP contribution in [0.25, 0.3) is 5.69 Å². The molecule has 2 rings (SSSR count). The number of hydrogen-bond donors (Lipinski definition) is 0. The van der Waals surface area contributed by atoms with Crippen molar-refractivity contribution in [1.29, 1.82) is 0 Å². The summed E-state index contributed by atoms with van der Waals surface area (Å²) in [6.07, 6.45) is 3.66. The number of benzene rings is 1. The van der Waals surface area contributed by atoms with Crippen LogP contribution in [-0.2, 0) is 5.41 Å². The summed E-state index contributed by atoms with van der Waals surface area (Å²) in [7, 11) is 0. The van der Waals surface area contributed by atoms with Crippen LogP contribution in [-0.4, -0.2) is 9.55 Å². The molecule has 0 bridgehead atoms. The minimum absolute atomic E-state index is 0.0125. The SMILES string of the molecule is CC(C)(C)c1cn(-c2cccc(F)c2)cn1. The monoisotopic (exact) mass is 218 g/mol. The summed E-state index contributed by atoms with van der Waals surface area (Å²) in [6.45, 7) is 6.31. The highest BCUT2D eigenvalue weighted by Gasteiger charge is 2.16. The van der Waals surface area contributed by atoms with Crippen molar-refractivity contribution in [3.05, 3.63) is 48.3 Å². The molecule has 2 nitrogen and oxygen atoms in total. The Morgan fingerprint density at radius 3 is 2.56 bits per heavy atom. The molecule has 1 aromatic carbocycles. The van der Waals surface area contributed by atoms with Crippen molar-refractivity contribution in [1.82, 2.24) is 9.55 Å². The van der Waals surface area contributed by atoms with Gasteiger partial charge in [0.2, 0.25) is 0 Å². The van der Waals surface area contributed by atoms with Gasteiger partial charge in [-0.2, -0.15) is 0 Å². The Kier molecular flexibility index (Phi) is 2.54. The first kappa shape index (κ1) is 10.9. The average molecular weight is 218 g/mol. The number of hydrogen-bond acceptors (Lipinski definition) is 1. The van der Waals surface area contributed by atoms with Crippen LogP contribution in [0.4, 0.5) is 4.39 Å². The lowest BCUT2D eigenvalue weighted by Gasteiger charge is -2.14. The summed E-state index contributed by atoms with van der Waals surface area (Å²) >= 11 is 0. The molecular formula is C13H15FN2. The van der Waals surface area contributed by atoms with Gasteiger partial charge in [0.25, 0.3) is 0 Å². The smallest absolute Gasteiger partial charge is 0.125 e. The first-order valence-electron chi connectivity index (χ1n) is 5.27. The van der Waals surface area contributed by atoms with Gasteiger partial charge in [-0.15, -0.1) is 0 Å². The van der Waals surface area contributed by atoms with Crippen molar-refractivity contribution < 1.29 is 4.39 Å². The van der Waals surface area contributed by atoms with E-state index in [9.17, 15) is 4.39 Å². The first-order valence-corrected chi connectivity index (χ1v) is 5.27. The molecule has 0 radical (unpaired) electrons. The Bertz CT molecular complexity index is 495. The molecule has 0 saturated carbocycles. The van der Waals surface area contributed by atoms with Crippen LogP contribution < -0.4 is 0 Å². The Labute approximate surface area is 94.8 Å². The largest absolute Gasteiger partial charge is 0.306 e. The second-order valence-corrected chi connectivity index (χ2v) is 4.90. The lowest BCUT2D eigenvalue weighted by Crippen LogP contribution is -2.11. The molecule has 16 heavy (non-hydrogen) atoms. The second kappa shape index (κ2) is 3.74. The molecule has 1 heterocycles. The Hall–Kier alpha value is -1.64. The van der Waals surface area contributed by atoms with Crippen molar-refractivity contribution >= 4 is 0 Å². The van der Waals surface area contributed by atoms with Crippen LogP contribution in [0.5, 0.6) is 0 Å². The lowest BCUT2D eigenvalue weighted by atomic mass is 9.93. The van der Waals surface area contributed by atoms with E-state index in [2.05, 4.69) is 25.8 Å². The highest BCUT2D eigenvalue weighted by atomic mass is 19.1. The molecule has 0 N–H and O–H groups in total. The highest BCUT2D eigenvalue weighted by molar-refractivity contribution is 5.33. The summed E-state index contributed by atoms with van der Waals surface area (Å²) in [6, 6.07) is 6.48. The van der Waals surface area contributed by atoms with Crippen LogP contribution >= 0.6 is 0 Å². The fourth-order valence-corrected chi connectivity index (χ4v) is 1.49. The molecule has 0 spiro atoms. The fraction of sp³-hybridized carbons (Fsp3) is 0.308. The van der Waals surface area contributed by atoms with Gasteiger partial charge in [-0.25, -0.2) is 9.37 Å². The average Bonchev–Trinajstić information content (AvgIpc) is 2.65. The van der Waals surface area contributed by atoms with Crippen molar-refractivity contribution in [2.24, 2.45) is 0 Å². The maximum Gasteiger partial charge on any atom is 0.125 e. The van der Waals surface area contributed by atoms with Crippen LogP contribution in [0.3, 0.4) is 0 Å². The number of halogens is 1. The van der Waals surface area contributed by atoms with Crippen molar-refractivity contribution in [3.63, 3.8) is 0 Å². The molecule has 84 valence electrons. The Balaban J connectivity index is 2.39. The summed E-state index contributed by atoms with van der Waals surface area (Å²) in [5.41, 5.74) is 1.80. The summed E-state index contributed by atoms with van der Waals surface area (Å²) < 4.78 is 14.9. The maximum absolute atomic E-state index is 13.1. The Morgan fingerprint density at radius 1 is 1.25 bits per heavy atom. The number of aromatic nitrogens is 2. The molecule has 3 heteroatoms. The molecule has 0 atom stereocenters. The van der Waals surface area contributed by atoms with Gasteiger partial charge >= 0.3 is 0 Å². The van der Waals surface area contributed by atoms with Gasteiger partial charge in [-0.05, 0) is 18.2 Å². The Morgan fingerprint density at radius 2 is 2.00 bits per heavy atom. The molecule has 0 aliphatic heterocycles. The molecule has 2 aromatic rings. The van der Waals surface area contributed by atoms with Gasteiger partial charge in [0.05, 0.1) is 12.0 Å². The first-order chi connectivity index (χ1) is 7.47. The summed E-state index contributed by atoms with van der Waals surface area (Å²) in [5, 5.41) is 0. The van der Waals surface area contributed by atoms with E-state index in [0.29, 0.717) is 0 Å². The highest BCUT2D eigenvalue weighted by Crippen LogP contribution is 2.21. The fourth-order valence-electron chi connectivity index (χ4n) is 1.49. The third-order valence-electron chi connectivity index (χ3n) is 2.46. The molecule has 0 saturated heterocycles. The van der Waals surface area contributed by atoms with Crippen LogP contribution in [0, 0.1) is 5.82 Å². The summed E-state index contributed by atoms with van der Waals surface area (Å²) in [5.74, 6) is -0.233. The van der Waals surface area contributed by atoms with Gasteiger partial charge in [-0.1, -0.05) is 26.8 Å². The molecule has 0 unspecified atom stereocenters. The minimum Gasteiger partial charge on any atom is -0.306 e. The van der Waals surface area contributed by atoms with E-state index in [0.717, 1.165) is 11.4 Å². The van der Waals surface area contributed by atoms with E-state index in [1.54, 1.807) is 12.4 Å². The summed E-state index contributed by atoms with van der Waals surface area (Å²) in [4.78, 5) is 4.33. The third-order valence-corrected chi connectivity index (χ3v) is 2.46. The zero-order chi connectivity index (χ0) is 11.8. The van der Waals surface area contributed by atoms with Gasteiger partial charge in [0.1, 0.15) is 5.82 Å². The van der Waals surface area contributed by atoms with Crippen molar-refractivity contribution in [3.8, 4) is 5.69 Å². The van der Waals surface area contributed by atoms with Gasteiger partial charge < -0.3 is 4.57 Å². The zero-order valence-corrected chi connectivity index (χ0v) is 9.74. The third kappa shape index (κ3) is 2.13. The van der Waals surface area contributed by atoms with Gasteiger partial charge in [0.15, 0.2) is 0 Å². The second-order valence-electron chi connectivity index (χ2n) is 4.90. The predicted molar refractivity (Wildman–Crippen MR) is 62.2 cm³/mol. The normalized spacial score (nSPS) is 11.8. The molecule has 0 aliphatic rings. The van der Waals surface area contributed by atoms with Crippen LogP contribution in [0.15, 0.2) is 36.8 Å². The molecule has 0 amide bonds. The van der Waals surface area contributed by atoms with Crippen molar-refractivity contribution in [2.75, 3.05) is 0 Å². The van der Waals surface area contributed by atoms with Gasteiger partial charge in [-0.3, -0.25) is 0 Å². The predicted octanol–water partition coefficient (Wildman–Crippen LogP) is 3.31. The quantitative estimate of drug-likeness (QED) is 0.718. The standard InChI is InChI=1S/C13H15FN2/c1-13(2,3)12-8-16(9-15-12)11-6-4-5-10(14)7-11/h4-9H,1-3H3. The van der Waals surface area contributed by atoms with Crippen LogP contribution in [0.1, 0.15) is 26.5 Å². The van der Waals surface area contributed by atoms with E-state index < -0.39 is 0 Å². The van der Waals surface area contributed by atoms with E-state index in [1.807, 2.05) is 16.8 Å². The lowest BCUT2D eigenvalue weighted by molar-refractivity contribution is 0.572. The number of imidazole rings is 1. The van der Waals surface area contributed by atoms with E-state index in [1.165, 1.54) is 12.1 Å². The minimum atomic E-state index is -0.233. The number of rotatable bonds is 1. The molecular weight excluding hydrogens is 203 g/mol. The van der Waals surface area contributed by atoms with Crippen LogP contribution in [0.2, 0.25) is 0 Å². The molecule has 1 aromatic heterocycles. The van der Waals surface area contributed by atoms with E-state index in [4.69, 9.17) is 0 Å².